The molecule has 3 rings (SSSR count). The van der Waals surface area contributed by atoms with Gasteiger partial charge in [-0.15, -0.1) is 0 Å². The molecule has 0 spiro atoms. The Kier molecular flexibility index (Phi) is 4.75. The second kappa shape index (κ2) is 7.00. The molecule has 2 aromatic carbocycles. The van der Waals surface area contributed by atoms with Crippen molar-refractivity contribution in [2.45, 2.75) is 19.8 Å². The first-order valence-electron chi connectivity index (χ1n) is 8.42. The maximum atomic E-state index is 12.4. The summed E-state index contributed by atoms with van der Waals surface area (Å²) in [6.07, 6.45) is 0.479. The first-order chi connectivity index (χ1) is 12.4. The van der Waals surface area contributed by atoms with E-state index in [9.17, 15) is 14.4 Å². The van der Waals surface area contributed by atoms with E-state index in [1.807, 2.05) is 44.1 Å². The summed E-state index contributed by atoms with van der Waals surface area (Å²) in [5, 5.41) is 2.87. The van der Waals surface area contributed by atoms with E-state index in [0.29, 0.717) is 16.9 Å². The van der Waals surface area contributed by atoms with Crippen LogP contribution in [0.15, 0.2) is 42.5 Å². The van der Waals surface area contributed by atoms with E-state index < -0.39 is 0 Å². The van der Waals surface area contributed by atoms with E-state index in [0.717, 1.165) is 11.3 Å². The highest BCUT2D eigenvalue weighted by Gasteiger charge is 2.30. The normalized spacial score (nSPS) is 13.9. The molecule has 26 heavy (non-hydrogen) atoms. The van der Waals surface area contributed by atoms with Crippen LogP contribution in [0.3, 0.4) is 0 Å². The summed E-state index contributed by atoms with van der Waals surface area (Å²) in [5.74, 6) is -0.653. The molecular formula is C20H21N3O3. The Morgan fingerprint density at radius 3 is 2.15 bits per heavy atom. The number of anilines is 3. The Balaban J connectivity index is 1.73. The van der Waals surface area contributed by atoms with Crippen LogP contribution < -0.4 is 15.1 Å². The lowest BCUT2D eigenvalue weighted by molar-refractivity contribution is -0.121. The van der Waals surface area contributed by atoms with Gasteiger partial charge in [0.05, 0.1) is 5.69 Å². The molecule has 0 radical (unpaired) electrons. The molecule has 1 saturated heterocycles. The highest BCUT2D eigenvalue weighted by Crippen LogP contribution is 2.24. The topological polar surface area (TPSA) is 69.7 Å². The summed E-state index contributed by atoms with van der Waals surface area (Å²) in [4.78, 5) is 39.2. The van der Waals surface area contributed by atoms with Crippen molar-refractivity contribution in [1.29, 1.82) is 0 Å². The van der Waals surface area contributed by atoms with E-state index in [-0.39, 0.29) is 30.6 Å². The number of carbonyl (C=O) groups excluding carboxylic acids is 3. The first kappa shape index (κ1) is 17.7. The highest BCUT2D eigenvalue weighted by atomic mass is 16.2. The molecule has 1 fully saturated rings. The molecule has 0 bridgehead atoms. The van der Waals surface area contributed by atoms with Gasteiger partial charge < -0.3 is 10.2 Å². The minimum Gasteiger partial charge on any atom is -0.377 e. The second-order valence-electron chi connectivity index (χ2n) is 6.52. The lowest BCUT2D eigenvalue weighted by atomic mass is 10.1. The minimum absolute atomic E-state index is 0.205. The predicted molar refractivity (Wildman–Crippen MR) is 102 cm³/mol. The third-order valence-electron chi connectivity index (χ3n) is 4.38. The summed E-state index contributed by atoms with van der Waals surface area (Å²) in [6.45, 7) is 1.99. The molecule has 3 amide bonds. The van der Waals surface area contributed by atoms with Gasteiger partial charge in [0, 0.05) is 43.9 Å². The van der Waals surface area contributed by atoms with Crippen LogP contribution in [0.1, 0.15) is 28.8 Å². The molecular weight excluding hydrogens is 330 g/mol. The molecule has 2 aromatic rings. The third-order valence-corrected chi connectivity index (χ3v) is 4.38. The summed E-state index contributed by atoms with van der Waals surface area (Å²) in [5.41, 5.74) is 3.83. The van der Waals surface area contributed by atoms with Crippen LogP contribution in [0.25, 0.3) is 0 Å². The molecule has 1 aliphatic heterocycles. The van der Waals surface area contributed by atoms with Crippen molar-refractivity contribution in [3.8, 4) is 0 Å². The fourth-order valence-electron chi connectivity index (χ4n) is 3.06. The number of nitrogens with zero attached hydrogens (tertiary/aromatic N) is 2. The number of aryl methyl sites for hydroxylation is 1. The Hall–Kier alpha value is -3.15. The van der Waals surface area contributed by atoms with Crippen LogP contribution in [0, 0.1) is 6.92 Å². The Labute approximate surface area is 152 Å². The van der Waals surface area contributed by atoms with Gasteiger partial charge in [0.25, 0.3) is 5.91 Å². The molecule has 6 heteroatoms. The highest BCUT2D eigenvalue weighted by molar-refractivity contribution is 6.20. The molecule has 0 aliphatic carbocycles. The van der Waals surface area contributed by atoms with Gasteiger partial charge in [-0.05, 0) is 55.0 Å². The number of hydrogen-bond acceptors (Lipinski definition) is 4. The third kappa shape index (κ3) is 3.44. The summed E-state index contributed by atoms with van der Waals surface area (Å²) in [6, 6.07) is 12.2. The number of benzene rings is 2. The minimum atomic E-state index is -0.243. The van der Waals surface area contributed by atoms with E-state index in [1.54, 1.807) is 24.3 Å². The molecule has 0 atom stereocenters. The Morgan fingerprint density at radius 2 is 1.62 bits per heavy atom. The monoisotopic (exact) mass is 351 g/mol. The van der Waals surface area contributed by atoms with Gasteiger partial charge in [-0.1, -0.05) is 0 Å². The first-order valence-corrected chi connectivity index (χ1v) is 8.42. The fraction of sp³-hybridized carbons (Fsp3) is 0.250. The molecule has 0 saturated carbocycles. The molecule has 1 heterocycles. The van der Waals surface area contributed by atoms with Crippen LogP contribution >= 0.6 is 0 Å². The van der Waals surface area contributed by atoms with Crippen molar-refractivity contribution < 1.29 is 14.4 Å². The van der Waals surface area contributed by atoms with Gasteiger partial charge in [0.15, 0.2) is 0 Å². The van der Waals surface area contributed by atoms with E-state index in [2.05, 4.69) is 5.32 Å². The van der Waals surface area contributed by atoms with Crippen LogP contribution in [0.5, 0.6) is 0 Å². The predicted octanol–water partition coefficient (Wildman–Crippen LogP) is 2.97. The van der Waals surface area contributed by atoms with Gasteiger partial charge in [-0.3, -0.25) is 19.3 Å². The maximum absolute atomic E-state index is 12.4. The van der Waals surface area contributed by atoms with Gasteiger partial charge in [0.1, 0.15) is 0 Å². The molecule has 1 N–H and O–H groups in total. The maximum Gasteiger partial charge on any atom is 0.255 e. The lowest BCUT2D eigenvalue weighted by Crippen LogP contribution is -2.28. The SMILES string of the molecule is Cc1cc(NC(=O)c2ccc(N3C(=O)CCC3=O)cc2)ccc1N(C)C. The summed E-state index contributed by atoms with van der Waals surface area (Å²) >= 11 is 0. The molecule has 134 valence electrons. The number of rotatable bonds is 4. The van der Waals surface area contributed by atoms with Gasteiger partial charge >= 0.3 is 0 Å². The number of carbonyl (C=O) groups is 3. The standard InChI is InChI=1S/C20H21N3O3/c1-13-12-15(6-9-17(13)22(2)3)21-20(26)14-4-7-16(8-5-14)23-18(24)10-11-19(23)25/h4-9,12H,10-11H2,1-3H3,(H,21,26). The number of nitrogens with one attached hydrogen (secondary N) is 1. The number of hydrogen-bond donors (Lipinski definition) is 1. The van der Waals surface area contributed by atoms with Crippen LogP contribution in [0.2, 0.25) is 0 Å². The van der Waals surface area contributed by atoms with Gasteiger partial charge in [-0.2, -0.15) is 0 Å². The zero-order chi connectivity index (χ0) is 18.8. The smallest absolute Gasteiger partial charge is 0.255 e. The zero-order valence-electron chi connectivity index (χ0n) is 15.1. The van der Waals surface area contributed by atoms with Crippen LogP contribution in [-0.4, -0.2) is 31.8 Å². The largest absolute Gasteiger partial charge is 0.377 e. The van der Waals surface area contributed by atoms with Gasteiger partial charge in [-0.25, -0.2) is 0 Å². The molecule has 1 aliphatic rings. The van der Waals surface area contributed by atoms with Crippen molar-refractivity contribution in [2.75, 3.05) is 29.2 Å². The number of imide groups is 1. The molecule has 0 aromatic heterocycles. The quantitative estimate of drug-likeness (QED) is 0.860. The van der Waals surface area contributed by atoms with Crippen molar-refractivity contribution in [2.24, 2.45) is 0 Å². The van der Waals surface area contributed by atoms with Crippen molar-refractivity contribution in [1.82, 2.24) is 0 Å². The van der Waals surface area contributed by atoms with Crippen LogP contribution in [-0.2, 0) is 9.59 Å². The lowest BCUT2D eigenvalue weighted by Gasteiger charge is -2.17. The second-order valence-corrected chi connectivity index (χ2v) is 6.52. The van der Waals surface area contributed by atoms with E-state index >= 15 is 0 Å². The van der Waals surface area contributed by atoms with Crippen molar-refractivity contribution in [3.63, 3.8) is 0 Å². The summed E-state index contributed by atoms with van der Waals surface area (Å²) < 4.78 is 0. The van der Waals surface area contributed by atoms with Gasteiger partial charge in [0.2, 0.25) is 11.8 Å². The average Bonchev–Trinajstić information content (AvgIpc) is 2.93. The molecule has 0 unspecified atom stereocenters. The Morgan fingerprint density at radius 1 is 1.00 bits per heavy atom. The van der Waals surface area contributed by atoms with Crippen molar-refractivity contribution in [3.05, 3.63) is 53.6 Å². The van der Waals surface area contributed by atoms with E-state index in [1.165, 1.54) is 4.90 Å². The molecule has 6 nitrogen and oxygen atoms in total. The average molecular weight is 351 g/mol. The zero-order valence-corrected chi connectivity index (χ0v) is 15.1. The van der Waals surface area contributed by atoms with E-state index in [4.69, 9.17) is 0 Å². The summed E-state index contributed by atoms with van der Waals surface area (Å²) in [7, 11) is 3.94. The Bertz CT molecular complexity index is 856. The fourth-order valence-corrected chi connectivity index (χ4v) is 3.06. The number of amides is 3. The van der Waals surface area contributed by atoms with Crippen molar-refractivity contribution >= 4 is 34.8 Å². The van der Waals surface area contributed by atoms with Crippen LogP contribution in [0.4, 0.5) is 17.1 Å².